The molecule has 0 unspecified atom stereocenters. The number of nitrogens with zero attached hydrogens (tertiary/aromatic N) is 1. The number of hydrogen-bond acceptors (Lipinski definition) is 4. The van der Waals surface area contributed by atoms with Crippen LogP contribution in [0.2, 0.25) is 0 Å². The van der Waals surface area contributed by atoms with Gasteiger partial charge in [0.25, 0.3) is 0 Å². The Bertz CT molecular complexity index is 886. The fraction of sp³-hybridized carbons (Fsp3) is 0.400. The summed E-state index contributed by atoms with van der Waals surface area (Å²) in [6.45, 7) is 4.20. The van der Waals surface area contributed by atoms with Crippen molar-refractivity contribution < 1.29 is 18.7 Å². The van der Waals surface area contributed by atoms with E-state index in [4.69, 9.17) is 9.47 Å². The van der Waals surface area contributed by atoms with E-state index in [1.165, 1.54) is 6.07 Å². The van der Waals surface area contributed by atoms with Gasteiger partial charge in [-0.2, -0.15) is 0 Å². The second-order valence-corrected chi connectivity index (χ2v) is 7.73. The number of hydrogen-bond donors (Lipinski definition) is 0. The number of pyridine rings is 1. The van der Waals surface area contributed by atoms with Crippen LogP contribution in [0, 0.1) is 24.6 Å². The lowest BCUT2D eigenvalue weighted by Gasteiger charge is -2.11. The van der Waals surface area contributed by atoms with Crippen molar-refractivity contribution >= 4 is 21.9 Å². The summed E-state index contributed by atoms with van der Waals surface area (Å²) in [6.07, 6.45) is 2.63. The molecule has 4 rings (SSSR count). The molecule has 2 aliphatic carbocycles. The number of halogens is 2. The minimum Gasteiger partial charge on any atom is -0.473 e. The van der Waals surface area contributed by atoms with Crippen LogP contribution in [0.25, 0.3) is 0 Å². The first kappa shape index (κ1) is 17.5. The molecule has 3 atom stereocenters. The highest BCUT2D eigenvalue weighted by Gasteiger charge is 2.60. The third-order valence-electron chi connectivity index (χ3n) is 5.24. The summed E-state index contributed by atoms with van der Waals surface area (Å²) in [5, 5.41) is 0. The van der Waals surface area contributed by atoms with Gasteiger partial charge in [0.2, 0.25) is 5.88 Å². The van der Waals surface area contributed by atoms with Crippen LogP contribution in [0.3, 0.4) is 0 Å². The third-order valence-corrected chi connectivity index (χ3v) is 6.10. The number of esters is 1. The topological polar surface area (TPSA) is 48.4 Å². The molecule has 2 aromatic rings. The highest BCUT2D eigenvalue weighted by Crippen LogP contribution is 2.61. The van der Waals surface area contributed by atoms with E-state index >= 15 is 0 Å². The summed E-state index contributed by atoms with van der Waals surface area (Å²) in [7, 11) is 0. The van der Waals surface area contributed by atoms with Crippen molar-refractivity contribution in [3.8, 4) is 5.88 Å². The van der Waals surface area contributed by atoms with Gasteiger partial charge in [-0.3, -0.25) is 4.79 Å². The van der Waals surface area contributed by atoms with Crippen molar-refractivity contribution in [1.29, 1.82) is 0 Å². The number of aromatic nitrogens is 1. The zero-order chi connectivity index (χ0) is 18.4. The van der Waals surface area contributed by atoms with Gasteiger partial charge >= 0.3 is 5.97 Å². The second-order valence-electron chi connectivity index (χ2n) is 6.87. The van der Waals surface area contributed by atoms with Gasteiger partial charge < -0.3 is 9.47 Å². The van der Waals surface area contributed by atoms with Crippen molar-refractivity contribution in [2.24, 2.45) is 11.8 Å². The quantitative estimate of drug-likeness (QED) is 0.677. The molecule has 1 heterocycles. The summed E-state index contributed by atoms with van der Waals surface area (Å²) in [6, 6.07) is 5.13. The van der Waals surface area contributed by atoms with Crippen LogP contribution in [0.5, 0.6) is 5.88 Å². The Balaban J connectivity index is 1.44. The van der Waals surface area contributed by atoms with Crippen LogP contribution >= 0.6 is 15.9 Å². The minimum absolute atomic E-state index is 0.0185. The van der Waals surface area contributed by atoms with E-state index in [1.54, 1.807) is 12.3 Å². The number of benzene rings is 1. The van der Waals surface area contributed by atoms with E-state index in [0.717, 1.165) is 27.6 Å². The summed E-state index contributed by atoms with van der Waals surface area (Å²) in [5.41, 5.74) is 3.60. The van der Waals surface area contributed by atoms with Crippen molar-refractivity contribution in [3.63, 3.8) is 0 Å². The van der Waals surface area contributed by atoms with E-state index in [-0.39, 0.29) is 30.2 Å². The number of ether oxygens (including phenoxy) is 2. The Labute approximate surface area is 159 Å². The Morgan fingerprint density at radius 2 is 2.19 bits per heavy atom. The normalized spacial score (nSPS) is 22.5. The van der Waals surface area contributed by atoms with Crippen LogP contribution in [-0.4, -0.2) is 17.6 Å². The van der Waals surface area contributed by atoms with Crippen molar-refractivity contribution in [1.82, 2.24) is 4.98 Å². The van der Waals surface area contributed by atoms with Crippen molar-refractivity contribution in [2.45, 2.75) is 32.8 Å². The first-order valence-electron chi connectivity index (χ1n) is 8.72. The fourth-order valence-corrected chi connectivity index (χ4v) is 4.25. The zero-order valence-corrected chi connectivity index (χ0v) is 16.2. The lowest BCUT2D eigenvalue weighted by Crippen LogP contribution is -2.11. The van der Waals surface area contributed by atoms with Crippen LogP contribution in [0.15, 0.2) is 28.9 Å². The molecule has 0 amide bonds. The fourth-order valence-electron chi connectivity index (χ4n) is 3.86. The number of carbonyl (C=O) groups excluding carboxylic acids is 1. The maximum absolute atomic E-state index is 14.0. The molecule has 0 bridgehead atoms. The van der Waals surface area contributed by atoms with E-state index in [0.29, 0.717) is 24.0 Å². The average Bonchev–Trinajstić information content (AvgIpc) is 3.19. The lowest BCUT2D eigenvalue weighted by atomic mass is 10.0. The maximum Gasteiger partial charge on any atom is 0.309 e. The number of rotatable bonds is 5. The Hall–Kier alpha value is -1.95. The van der Waals surface area contributed by atoms with E-state index < -0.39 is 0 Å². The molecule has 0 saturated heterocycles. The molecule has 1 fully saturated rings. The molecule has 1 saturated carbocycles. The molecule has 0 aliphatic heterocycles. The van der Waals surface area contributed by atoms with Gasteiger partial charge in [0, 0.05) is 28.2 Å². The van der Waals surface area contributed by atoms with E-state index in [2.05, 4.69) is 20.9 Å². The van der Waals surface area contributed by atoms with E-state index in [9.17, 15) is 9.18 Å². The molecular weight excluding hydrogens is 401 g/mol. The van der Waals surface area contributed by atoms with Crippen LogP contribution in [0.4, 0.5) is 4.39 Å². The van der Waals surface area contributed by atoms with Gasteiger partial charge in [0.05, 0.1) is 12.5 Å². The van der Waals surface area contributed by atoms with Crippen molar-refractivity contribution in [2.75, 3.05) is 6.61 Å². The Morgan fingerprint density at radius 3 is 2.96 bits per heavy atom. The summed E-state index contributed by atoms with van der Waals surface area (Å²) < 4.78 is 25.7. The second kappa shape index (κ2) is 6.65. The van der Waals surface area contributed by atoms with Gasteiger partial charge in [-0.1, -0.05) is 15.9 Å². The van der Waals surface area contributed by atoms with Gasteiger partial charge in [-0.15, -0.1) is 0 Å². The molecular formula is C20H19BrFNO3. The highest BCUT2D eigenvalue weighted by atomic mass is 79.9. The largest absolute Gasteiger partial charge is 0.473 e. The number of carbonyl (C=O) groups is 1. The molecule has 0 N–H and O–H groups in total. The van der Waals surface area contributed by atoms with Crippen molar-refractivity contribution in [3.05, 3.63) is 56.9 Å². The first-order valence-corrected chi connectivity index (χ1v) is 9.51. The molecule has 0 spiro atoms. The van der Waals surface area contributed by atoms with Gasteiger partial charge in [0.1, 0.15) is 12.4 Å². The smallest absolute Gasteiger partial charge is 0.309 e. The van der Waals surface area contributed by atoms with E-state index in [1.807, 2.05) is 19.9 Å². The average molecular weight is 420 g/mol. The molecule has 4 nitrogen and oxygen atoms in total. The predicted octanol–water partition coefficient (Wildman–Crippen LogP) is 4.32. The first-order chi connectivity index (χ1) is 12.5. The predicted molar refractivity (Wildman–Crippen MR) is 97.5 cm³/mol. The molecule has 136 valence electrons. The van der Waals surface area contributed by atoms with Gasteiger partial charge in [-0.25, -0.2) is 9.37 Å². The zero-order valence-electron chi connectivity index (χ0n) is 14.6. The molecule has 1 aromatic heterocycles. The maximum atomic E-state index is 14.0. The van der Waals surface area contributed by atoms with Gasteiger partial charge in [0.15, 0.2) is 0 Å². The number of fused-ring (bicyclic) bond motifs is 3. The highest BCUT2D eigenvalue weighted by molar-refractivity contribution is 9.10. The Morgan fingerprint density at radius 1 is 1.38 bits per heavy atom. The SMILES string of the molecule is CCOC(=O)[C@H]1[C@@H]2Cc3cc(OCc4cc(Br)c(C)cc4F)ncc3[C@@H]21. The molecule has 6 heteroatoms. The molecule has 1 aromatic carbocycles. The molecule has 0 radical (unpaired) electrons. The standard InChI is InChI=1S/C20H19BrFNO3/c1-3-25-20(24)19-13-5-11-7-17(23-8-14(11)18(13)19)26-9-12-6-15(21)10(2)4-16(12)22/h4,6-8,13,18-19H,3,5,9H2,1-2H3/t13-,18-,19+/m1/s1. The van der Waals surface area contributed by atoms with Crippen LogP contribution < -0.4 is 4.74 Å². The third kappa shape index (κ3) is 3.00. The van der Waals surface area contributed by atoms with Gasteiger partial charge in [-0.05, 0) is 55.0 Å². The monoisotopic (exact) mass is 419 g/mol. The summed E-state index contributed by atoms with van der Waals surface area (Å²) >= 11 is 3.41. The lowest BCUT2D eigenvalue weighted by molar-refractivity contribution is -0.145. The summed E-state index contributed by atoms with van der Waals surface area (Å²) in [5.74, 6) is 0.630. The minimum atomic E-state index is -0.287. The molecule has 2 aliphatic rings. The Kier molecular flexibility index (Phi) is 4.47. The van der Waals surface area contributed by atoms with Crippen LogP contribution in [-0.2, 0) is 22.6 Å². The molecule has 26 heavy (non-hydrogen) atoms. The number of aryl methyl sites for hydroxylation is 1. The van der Waals surface area contributed by atoms with Crippen LogP contribution in [0.1, 0.15) is 35.1 Å². The summed E-state index contributed by atoms with van der Waals surface area (Å²) in [4.78, 5) is 16.3.